The minimum Gasteiger partial charge on any atom is -0.476 e. The van der Waals surface area contributed by atoms with Gasteiger partial charge in [-0.1, -0.05) is 0 Å². The number of carbonyl (C=O) groups excluding carboxylic acids is 1. The Morgan fingerprint density at radius 1 is 1.47 bits per heavy atom. The van der Waals surface area contributed by atoms with Crippen molar-refractivity contribution in [2.75, 3.05) is 6.54 Å². The highest BCUT2D eigenvalue weighted by atomic mass is 19.4. The van der Waals surface area contributed by atoms with Crippen LogP contribution in [0.3, 0.4) is 0 Å². The van der Waals surface area contributed by atoms with Gasteiger partial charge in [-0.15, -0.1) is 0 Å². The normalized spacial score (nSPS) is 11.2. The first-order valence-corrected chi connectivity index (χ1v) is 4.41. The molecule has 1 aromatic heterocycles. The SMILES string of the molecule is O=C(O)c1cn(CCNC(=O)C(F)(F)F)cn1. The summed E-state index contributed by atoms with van der Waals surface area (Å²) in [5.74, 6) is -3.26. The van der Waals surface area contributed by atoms with Crippen molar-refractivity contribution < 1.29 is 27.9 Å². The summed E-state index contributed by atoms with van der Waals surface area (Å²) >= 11 is 0. The number of carboxylic acid groups (broad SMARTS) is 1. The minimum atomic E-state index is -4.92. The zero-order valence-electron chi connectivity index (χ0n) is 8.36. The van der Waals surface area contributed by atoms with Crippen LogP contribution in [-0.2, 0) is 11.3 Å². The van der Waals surface area contributed by atoms with E-state index in [1.54, 1.807) is 5.32 Å². The van der Waals surface area contributed by atoms with E-state index in [-0.39, 0.29) is 18.8 Å². The molecule has 9 heteroatoms. The number of aromatic nitrogens is 2. The maximum Gasteiger partial charge on any atom is 0.471 e. The molecule has 6 nitrogen and oxygen atoms in total. The molecule has 0 unspecified atom stereocenters. The van der Waals surface area contributed by atoms with Crippen molar-refractivity contribution in [1.29, 1.82) is 0 Å². The van der Waals surface area contributed by atoms with Gasteiger partial charge in [0.05, 0.1) is 6.33 Å². The van der Waals surface area contributed by atoms with Gasteiger partial charge in [-0.25, -0.2) is 9.78 Å². The first kappa shape index (κ1) is 13.0. The van der Waals surface area contributed by atoms with Crippen molar-refractivity contribution in [2.24, 2.45) is 0 Å². The van der Waals surface area contributed by atoms with Gasteiger partial charge in [0, 0.05) is 19.3 Å². The predicted octanol–water partition coefficient (Wildman–Crippen LogP) is 0.260. The lowest BCUT2D eigenvalue weighted by molar-refractivity contribution is -0.173. The van der Waals surface area contributed by atoms with E-state index in [1.807, 2.05) is 0 Å². The van der Waals surface area contributed by atoms with E-state index < -0.39 is 18.1 Å². The molecule has 0 saturated carbocycles. The van der Waals surface area contributed by atoms with Crippen molar-refractivity contribution in [3.63, 3.8) is 0 Å². The molecule has 0 aliphatic heterocycles. The average molecular weight is 251 g/mol. The zero-order chi connectivity index (χ0) is 13.1. The zero-order valence-corrected chi connectivity index (χ0v) is 8.36. The van der Waals surface area contributed by atoms with E-state index in [4.69, 9.17) is 5.11 Å². The minimum absolute atomic E-state index is 0.00208. The Bertz CT molecular complexity index is 427. The molecule has 1 aromatic rings. The van der Waals surface area contributed by atoms with Crippen LogP contribution in [0.5, 0.6) is 0 Å². The van der Waals surface area contributed by atoms with E-state index in [0.29, 0.717) is 0 Å². The number of hydrogen-bond donors (Lipinski definition) is 2. The largest absolute Gasteiger partial charge is 0.476 e. The Hall–Kier alpha value is -2.06. The van der Waals surface area contributed by atoms with Crippen molar-refractivity contribution in [1.82, 2.24) is 14.9 Å². The van der Waals surface area contributed by atoms with E-state index in [9.17, 15) is 22.8 Å². The average Bonchev–Trinajstić information content (AvgIpc) is 2.64. The highest BCUT2D eigenvalue weighted by Crippen LogP contribution is 2.13. The number of amides is 1. The van der Waals surface area contributed by atoms with Gasteiger partial charge in [-0.3, -0.25) is 4.79 Å². The number of nitrogens with zero attached hydrogens (tertiary/aromatic N) is 2. The lowest BCUT2D eigenvalue weighted by Crippen LogP contribution is -2.38. The van der Waals surface area contributed by atoms with Crippen LogP contribution < -0.4 is 5.32 Å². The van der Waals surface area contributed by atoms with Gasteiger partial charge in [-0.05, 0) is 0 Å². The second-order valence-electron chi connectivity index (χ2n) is 3.06. The number of halogens is 3. The fourth-order valence-electron chi connectivity index (χ4n) is 0.992. The fourth-order valence-corrected chi connectivity index (χ4v) is 0.992. The first-order chi connectivity index (χ1) is 7.80. The molecule has 0 aromatic carbocycles. The summed E-state index contributed by atoms with van der Waals surface area (Å²) in [6.07, 6.45) is -2.60. The second kappa shape index (κ2) is 4.85. The molecule has 0 aliphatic rings. The van der Waals surface area contributed by atoms with E-state index in [1.165, 1.54) is 4.57 Å². The van der Waals surface area contributed by atoms with Crippen molar-refractivity contribution in [2.45, 2.75) is 12.7 Å². The highest BCUT2D eigenvalue weighted by Gasteiger charge is 2.38. The van der Waals surface area contributed by atoms with Gasteiger partial charge >= 0.3 is 18.1 Å². The fraction of sp³-hybridized carbons (Fsp3) is 0.375. The first-order valence-electron chi connectivity index (χ1n) is 4.41. The Morgan fingerprint density at radius 2 is 2.12 bits per heavy atom. The Morgan fingerprint density at radius 3 is 2.59 bits per heavy atom. The molecule has 0 fully saturated rings. The summed E-state index contributed by atoms with van der Waals surface area (Å²) < 4.78 is 36.6. The second-order valence-corrected chi connectivity index (χ2v) is 3.06. The van der Waals surface area contributed by atoms with E-state index >= 15 is 0 Å². The van der Waals surface area contributed by atoms with Crippen LogP contribution in [0, 0.1) is 0 Å². The molecule has 1 rings (SSSR count). The van der Waals surface area contributed by atoms with Gasteiger partial charge < -0.3 is 15.0 Å². The monoisotopic (exact) mass is 251 g/mol. The summed E-state index contributed by atoms with van der Waals surface area (Å²) in [4.78, 5) is 24.3. The molecule has 1 heterocycles. The van der Waals surface area contributed by atoms with Gasteiger partial charge in [0.25, 0.3) is 0 Å². The standard InChI is InChI=1S/C8H8F3N3O3/c9-8(10,11)7(17)12-1-2-14-3-5(6(15)16)13-4-14/h3-4H,1-2H2,(H,12,17)(H,15,16). The highest BCUT2D eigenvalue weighted by molar-refractivity contribution is 5.84. The lowest BCUT2D eigenvalue weighted by Gasteiger charge is -2.07. The third kappa shape index (κ3) is 3.78. The smallest absolute Gasteiger partial charge is 0.471 e. The number of hydrogen-bond acceptors (Lipinski definition) is 3. The van der Waals surface area contributed by atoms with Gasteiger partial charge in [0.15, 0.2) is 5.69 Å². The molecule has 2 N–H and O–H groups in total. The van der Waals surface area contributed by atoms with Crippen LogP contribution in [0.15, 0.2) is 12.5 Å². The summed E-state index contributed by atoms with van der Waals surface area (Å²) in [7, 11) is 0. The maximum absolute atomic E-state index is 11.8. The topological polar surface area (TPSA) is 84.2 Å². The number of imidazole rings is 1. The molecule has 0 radical (unpaired) electrons. The summed E-state index contributed by atoms with van der Waals surface area (Å²) in [5, 5.41) is 10.2. The molecule has 17 heavy (non-hydrogen) atoms. The molecule has 0 spiro atoms. The molecule has 94 valence electrons. The molecule has 1 amide bonds. The number of alkyl halides is 3. The number of carboxylic acids is 1. The number of aromatic carboxylic acids is 1. The van der Waals surface area contributed by atoms with Crippen LogP contribution in [0.1, 0.15) is 10.5 Å². The van der Waals surface area contributed by atoms with Gasteiger partial charge in [0.1, 0.15) is 0 Å². The summed E-state index contributed by atoms with van der Waals surface area (Å²) in [6, 6.07) is 0. The maximum atomic E-state index is 11.8. The van der Waals surface area contributed by atoms with E-state index in [2.05, 4.69) is 4.98 Å². The van der Waals surface area contributed by atoms with E-state index in [0.717, 1.165) is 12.5 Å². The van der Waals surface area contributed by atoms with Crippen LogP contribution in [0.25, 0.3) is 0 Å². The molecule has 0 atom stereocenters. The van der Waals surface area contributed by atoms with Crippen molar-refractivity contribution in [3.05, 3.63) is 18.2 Å². The quantitative estimate of drug-likeness (QED) is 0.803. The lowest BCUT2D eigenvalue weighted by atomic mass is 10.5. The molecule has 0 saturated heterocycles. The van der Waals surface area contributed by atoms with Crippen LogP contribution >= 0.6 is 0 Å². The number of nitrogens with one attached hydrogen (secondary N) is 1. The Labute approximate surface area is 93.1 Å². The van der Waals surface area contributed by atoms with Crippen molar-refractivity contribution in [3.8, 4) is 0 Å². The number of carbonyl (C=O) groups is 2. The van der Waals surface area contributed by atoms with Crippen LogP contribution in [0.2, 0.25) is 0 Å². The third-order valence-electron chi connectivity index (χ3n) is 1.77. The number of rotatable bonds is 4. The Balaban J connectivity index is 2.41. The predicted molar refractivity (Wildman–Crippen MR) is 48.3 cm³/mol. The van der Waals surface area contributed by atoms with Crippen molar-refractivity contribution >= 4 is 11.9 Å². The van der Waals surface area contributed by atoms with Gasteiger partial charge in [0.2, 0.25) is 0 Å². The molecule has 0 aliphatic carbocycles. The van der Waals surface area contributed by atoms with Crippen LogP contribution in [0.4, 0.5) is 13.2 Å². The third-order valence-corrected chi connectivity index (χ3v) is 1.77. The molecule has 0 bridgehead atoms. The summed E-state index contributed by atoms with van der Waals surface area (Å²) in [6.45, 7) is -0.268. The Kier molecular flexibility index (Phi) is 3.71. The van der Waals surface area contributed by atoms with Crippen LogP contribution in [-0.4, -0.2) is 39.3 Å². The molecular formula is C8H8F3N3O3. The van der Waals surface area contributed by atoms with Gasteiger partial charge in [-0.2, -0.15) is 13.2 Å². The summed E-state index contributed by atoms with van der Waals surface area (Å²) in [5.41, 5.74) is -0.216. The molecular weight excluding hydrogens is 243 g/mol.